The van der Waals surface area contributed by atoms with Gasteiger partial charge in [-0.2, -0.15) is 0 Å². The Kier molecular flexibility index (Phi) is 5.11. The zero-order valence-corrected chi connectivity index (χ0v) is 16.5. The Morgan fingerprint density at radius 3 is 2.75 bits per heavy atom. The molecule has 2 aromatic rings. The molecule has 2 aliphatic rings. The number of amides is 1. The summed E-state index contributed by atoms with van der Waals surface area (Å²) < 4.78 is 18.4. The maximum absolute atomic E-state index is 13.1. The van der Waals surface area contributed by atoms with E-state index < -0.39 is 0 Å². The van der Waals surface area contributed by atoms with Gasteiger partial charge in [0.2, 0.25) is 0 Å². The maximum atomic E-state index is 13.1. The molecule has 2 aliphatic heterocycles. The van der Waals surface area contributed by atoms with Crippen LogP contribution in [-0.4, -0.2) is 42.6 Å². The first-order valence-electron chi connectivity index (χ1n) is 9.96. The summed E-state index contributed by atoms with van der Waals surface area (Å²) in [7, 11) is 1.62. The fourth-order valence-electron chi connectivity index (χ4n) is 4.53. The zero-order chi connectivity index (χ0) is 19.7. The Hall–Kier alpha value is -2.40. The van der Waals surface area contributed by atoms with E-state index in [0.717, 1.165) is 55.5 Å². The number of fused-ring (bicyclic) bond motifs is 1. The molecule has 1 fully saturated rings. The topological polar surface area (TPSA) is 41.6 Å². The highest BCUT2D eigenvalue weighted by molar-refractivity contribution is 5.97. The Morgan fingerprint density at radius 1 is 1.21 bits per heavy atom. The Bertz CT molecular complexity index is 867. The largest absolute Gasteiger partial charge is 0.497 e. The molecule has 0 radical (unpaired) electrons. The Balaban J connectivity index is 1.45. The number of carbonyl (C=O) groups excluding carboxylic acids is 1. The first-order valence-corrected chi connectivity index (χ1v) is 9.96. The summed E-state index contributed by atoms with van der Waals surface area (Å²) >= 11 is 0. The van der Waals surface area contributed by atoms with Crippen LogP contribution < -0.4 is 10.1 Å². The second kappa shape index (κ2) is 7.55. The fraction of sp³-hybridized carbons (Fsp3) is 0.435. The second-order valence-electron chi connectivity index (χ2n) is 8.16. The van der Waals surface area contributed by atoms with E-state index in [2.05, 4.69) is 17.1 Å². The number of benzene rings is 2. The van der Waals surface area contributed by atoms with E-state index in [1.807, 2.05) is 30.3 Å². The van der Waals surface area contributed by atoms with Crippen LogP contribution in [0, 0.1) is 5.82 Å². The highest BCUT2D eigenvalue weighted by Crippen LogP contribution is 2.33. The predicted octanol–water partition coefficient (Wildman–Crippen LogP) is 3.59. The van der Waals surface area contributed by atoms with Crippen LogP contribution >= 0.6 is 0 Å². The Labute approximate surface area is 165 Å². The van der Waals surface area contributed by atoms with Crippen molar-refractivity contribution >= 4 is 5.91 Å². The summed E-state index contributed by atoms with van der Waals surface area (Å²) in [5.74, 6) is 0.513. The van der Waals surface area contributed by atoms with Crippen LogP contribution in [0.5, 0.6) is 5.75 Å². The zero-order valence-electron chi connectivity index (χ0n) is 16.5. The minimum Gasteiger partial charge on any atom is -0.497 e. The fourth-order valence-corrected chi connectivity index (χ4v) is 4.53. The number of likely N-dealkylation sites (tertiary alicyclic amines) is 1. The van der Waals surface area contributed by atoms with Gasteiger partial charge in [0.1, 0.15) is 11.6 Å². The highest BCUT2D eigenvalue weighted by atomic mass is 19.1. The average Bonchev–Trinajstić information content (AvgIpc) is 3.06. The summed E-state index contributed by atoms with van der Waals surface area (Å²) in [5.41, 5.74) is 2.78. The number of hydrogen-bond donors (Lipinski definition) is 1. The van der Waals surface area contributed by atoms with E-state index in [1.165, 1.54) is 12.1 Å². The molecule has 148 valence electrons. The van der Waals surface area contributed by atoms with Crippen molar-refractivity contribution in [1.29, 1.82) is 0 Å². The SMILES string of the molecule is COc1ccc2c(c1)C(=O)NC1(CC2)CCN(C(C)Cc2ccc(F)cc2)C1. The molecular formula is C23H27FN2O2. The molecular weight excluding hydrogens is 355 g/mol. The van der Waals surface area contributed by atoms with Crippen molar-refractivity contribution < 1.29 is 13.9 Å². The molecule has 2 aromatic carbocycles. The van der Waals surface area contributed by atoms with Gasteiger partial charge in [-0.3, -0.25) is 9.69 Å². The summed E-state index contributed by atoms with van der Waals surface area (Å²) in [4.78, 5) is 15.4. The van der Waals surface area contributed by atoms with Crippen molar-refractivity contribution in [2.75, 3.05) is 20.2 Å². The molecule has 2 heterocycles. The molecule has 1 N–H and O–H groups in total. The predicted molar refractivity (Wildman–Crippen MR) is 107 cm³/mol. The number of halogens is 1. The third-order valence-corrected chi connectivity index (χ3v) is 6.26. The Morgan fingerprint density at radius 2 is 2.00 bits per heavy atom. The molecule has 5 heteroatoms. The van der Waals surface area contributed by atoms with E-state index in [0.29, 0.717) is 11.8 Å². The number of methoxy groups -OCH3 is 1. The molecule has 2 atom stereocenters. The average molecular weight is 382 g/mol. The number of nitrogens with zero attached hydrogens (tertiary/aromatic N) is 1. The van der Waals surface area contributed by atoms with Gasteiger partial charge < -0.3 is 10.1 Å². The van der Waals surface area contributed by atoms with Gasteiger partial charge in [0.15, 0.2) is 0 Å². The van der Waals surface area contributed by atoms with Gasteiger partial charge in [-0.05, 0) is 68.0 Å². The normalized spacial score (nSPS) is 23.2. The van der Waals surface area contributed by atoms with Crippen molar-refractivity contribution in [1.82, 2.24) is 10.2 Å². The maximum Gasteiger partial charge on any atom is 0.252 e. The van der Waals surface area contributed by atoms with Gasteiger partial charge in [0.25, 0.3) is 5.91 Å². The third-order valence-electron chi connectivity index (χ3n) is 6.26. The molecule has 1 amide bonds. The molecule has 0 aromatic heterocycles. The number of hydrogen-bond acceptors (Lipinski definition) is 3. The monoisotopic (exact) mass is 382 g/mol. The summed E-state index contributed by atoms with van der Waals surface area (Å²) in [6.07, 6.45) is 3.66. The van der Waals surface area contributed by atoms with Gasteiger partial charge in [0, 0.05) is 24.7 Å². The highest BCUT2D eigenvalue weighted by Gasteiger charge is 2.42. The van der Waals surface area contributed by atoms with E-state index in [1.54, 1.807) is 7.11 Å². The molecule has 4 rings (SSSR count). The first-order chi connectivity index (χ1) is 13.5. The summed E-state index contributed by atoms with van der Waals surface area (Å²) in [6.45, 7) is 4.02. The summed E-state index contributed by atoms with van der Waals surface area (Å²) in [6, 6.07) is 12.9. The first kappa shape index (κ1) is 18.9. The van der Waals surface area contributed by atoms with E-state index >= 15 is 0 Å². The van der Waals surface area contributed by atoms with Crippen LogP contribution in [0.15, 0.2) is 42.5 Å². The van der Waals surface area contributed by atoms with Crippen molar-refractivity contribution in [3.05, 3.63) is 65.0 Å². The molecule has 0 bridgehead atoms. The number of ether oxygens (including phenoxy) is 1. The molecule has 1 saturated heterocycles. The number of nitrogens with one attached hydrogen (secondary N) is 1. The van der Waals surface area contributed by atoms with Gasteiger partial charge >= 0.3 is 0 Å². The van der Waals surface area contributed by atoms with Gasteiger partial charge in [-0.25, -0.2) is 4.39 Å². The van der Waals surface area contributed by atoms with Gasteiger partial charge in [-0.1, -0.05) is 18.2 Å². The van der Waals surface area contributed by atoms with Crippen molar-refractivity contribution in [2.24, 2.45) is 0 Å². The van der Waals surface area contributed by atoms with Gasteiger partial charge in [0.05, 0.1) is 12.6 Å². The number of carbonyl (C=O) groups is 1. The van der Waals surface area contributed by atoms with E-state index in [-0.39, 0.29) is 17.3 Å². The molecule has 1 spiro atoms. The molecule has 28 heavy (non-hydrogen) atoms. The van der Waals surface area contributed by atoms with Crippen LogP contribution in [0.3, 0.4) is 0 Å². The van der Waals surface area contributed by atoms with Crippen LogP contribution in [-0.2, 0) is 12.8 Å². The molecule has 0 saturated carbocycles. The molecule has 0 aliphatic carbocycles. The lowest BCUT2D eigenvalue weighted by Crippen LogP contribution is -2.50. The lowest BCUT2D eigenvalue weighted by atomic mass is 9.91. The second-order valence-corrected chi connectivity index (χ2v) is 8.16. The van der Waals surface area contributed by atoms with Crippen LogP contribution in [0.2, 0.25) is 0 Å². The number of aryl methyl sites for hydroxylation is 1. The van der Waals surface area contributed by atoms with Crippen LogP contribution in [0.4, 0.5) is 4.39 Å². The van der Waals surface area contributed by atoms with Crippen molar-refractivity contribution in [3.8, 4) is 5.75 Å². The standard InChI is InChI=1S/C23H27FN2O2/c1-16(13-17-3-6-19(24)7-4-17)26-12-11-23(15-26)10-9-18-5-8-20(28-2)14-21(18)22(27)25-23/h3-8,14,16H,9-13,15H2,1-2H3,(H,25,27). The quantitative estimate of drug-likeness (QED) is 0.879. The third kappa shape index (κ3) is 3.76. The van der Waals surface area contributed by atoms with Crippen molar-refractivity contribution in [2.45, 2.75) is 44.2 Å². The smallest absolute Gasteiger partial charge is 0.252 e. The molecule has 2 unspecified atom stereocenters. The lowest BCUT2D eigenvalue weighted by molar-refractivity contribution is 0.0898. The van der Waals surface area contributed by atoms with Crippen LogP contribution in [0.1, 0.15) is 41.3 Å². The minimum absolute atomic E-state index is 0.000521. The summed E-state index contributed by atoms with van der Waals surface area (Å²) in [5, 5.41) is 3.33. The lowest BCUT2D eigenvalue weighted by Gasteiger charge is -2.31. The molecule has 4 nitrogen and oxygen atoms in total. The van der Waals surface area contributed by atoms with Crippen LogP contribution in [0.25, 0.3) is 0 Å². The minimum atomic E-state index is -0.200. The van der Waals surface area contributed by atoms with Gasteiger partial charge in [-0.15, -0.1) is 0 Å². The number of rotatable bonds is 4. The van der Waals surface area contributed by atoms with E-state index in [4.69, 9.17) is 4.74 Å². The van der Waals surface area contributed by atoms with E-state index in [9.17, 15) is 9.18 Å². The van der Waals surface area contributed by atoms with Crippen molar-refractivity contribution in [3.63, 3.8) is 0 Å².